The van der Waals surface area contributed by atoms with E-state index >= 15 is 0 Å². The Bertz CT molecular complexity index is 1050. The topological polar surface area (TPSA) is 122 Å². The Kier molecular flexibility index (Phi) is 6.37. The average molecular weight is 431 g/mol. The van der Waals surface area contributed by atoms with Gasteiger partial charge in [0.25, 0.3) is 5.69 Å². The fourth-order valence-electron chi connectivity index (χ4n) is 2.55. The second kappa shape index (κ2) is 8.95. The van der Waals surface area contributed by atoms with Gasteiger partial charge in [-0.15, -0.1) is 22.7 Å². The maximum absolute atomic E-state index is 12.1. The van der Waals surface area contributed by atoms with Crippen molar-refractivity contribution in [3.8, 4) is 0 Å². The van der Waals surface area contributed by atoms with Crippen molar-refractivity contribution in [3.63, 3.8) is 0 Å². The van der Waals surface area contributed by atoms with E-state index in [0.717, 1.165) is 14.6 Å². The lowest BCUT2D eigenvalue weighted by Crippen LogP contribution is -2.34. The number of amides is 2. The van der Waals surface area contributed by atoms with Crippen LogP contribution in [0.4, 0.5) is 11.4 Å². The van der Waals surface area contributed by atoms with Crippen molar-refractivity contribution in [3.05, 3.63) is 78.2 Å². The summed E-state index contributed by atoms with van der Waals surface area (Å²) in [7, 11) is 0. The average Bonchev–Trinajstić information content (AvgIpc) is 3.39. The van der Waals surface area contributed by atoms with Crippen molar-refractivity contribution in [2.45, 2.75) is 19.6 Å². The van der Waals surface area contributed by atoms with E-state index in [-0.39, 0.29) is 12.2 Å². The number of carbonyl (C=O) groups excluding carboxylic acids is 2. The van der Waals surface area contributed by atoms with Crippen LogP contribution < -0.4 is 10.6 Å². The van der Waals surface area contributed by atoms with Crippen LogP contribution in [-0.4, -0.2) is 21.8 Å². The number of hydrogen-bond acceptors (Lipinski definition) is 7. The summed E-state index contributed by atoms with van der Waals surface area (Å²) in [5.74, 6) is -1.69. The lowest BCUT2D eigenvalue weighted by molar-refractivity contribution is -0.384. The van der Waals surface area contributed by atoms with Crippen molar-refractivity contribution < 1.29 is 19.6 Å². The highest BCUT2D eigenvalue weighted by Crippen LogP contribution is 2.30. The van der Waals surface area contributed by atoms with E-state index < -0.39 is 22.8 Å². The molecule has 0 radical (unpaired) electrons. The number of rotatable bonds is 6. The van der Waals surface area contributed by atoms with Gasteiger partial charge >= 0.3 is 11.8 Å². The molecule has 2 heterocycles. The Morgan fingerprint density at radius 3 is 2.62 bits per heavy atom. The molecular weight excluding hydrogens is 414 g/mol. The molecule has 0 saturated heterocycles. The predicted octanol–water partition coefficient (Wildman–Crippen LogP) is 3.36. The number of hydrogen-bond donors (Lipinski definition) is 3. The third-order valence-electron chi connectivity index (χ3n) is 4.06. The summed E-state index contributed by atoms with van der Waals surface area (Å²) >= 11 is 2.81. The standard InChI is InChI=1S/C19H17N3O5S2/c1-11-9-12(22(26)27)4-6-14(11)21-19(25)18(24)20-10-13-5-7-16(29-13)17(23)15-3-2-8-28-15/h2-9,17,23H,10H2,1H3,(H,20,24)(H,21,25). The Morgan fingerprint density at radius 1 is 1.17 bits per heavy atom. The molecule has 29 heavy (non-hydrogen) atoms. The Morgan fingerprint density at radius 2 is 1.97 bits per heavy atom. The van der Waals surface area contributed by atoms with Crippen LogP contribution in [0.15, 0.2) is 47.8 Å². The molecule has 0 aliphatic carbocycles. The molecule has 2 amide bonds. The van der Waals surface area contributed by atoms with Gasteiger partial charge in [0.2, 0.25) is 0 Å². The fraction of sp³-hybridized carbons (Fsp3) is 0.158. The van der Waals surface area contributed by atoms with E-state index in [1.807, 2.05) is 17.5 Å². The van der Waals surface area contributed by atoms with Crippen molar-refractivity contribution in [1.82, 2.24) is 5.32 Å². The smallest absolute Gasteiger partial charge is 0.313 e. The second-order valence-corrected chi connectivity index (χ2v) is 8.29. The molecule has 3 N–H and O–H groups in total. The first-order valence-corrected chi connectivity index (χ1v) is 10.2. The van der Waals surface area contributed by atoms with Crippen LogP contribution in [0.2, 0.25) is 0 Å². The van der Waals surface area contributed by atoms with Crippen molar-refractivity contribution in [1.29, 1.82) is 0 Å². The van der Waals surface area contributed by atoms with Gasteiger partial charge < -0.3 is 15.7 Å². The minimum absolute atomic E-state index is 0.0943. The minimum atomic E-state index is -0.864. The second-order valence-electron chi connectivity index (χ2n) is 6.12. The molecule has 0 spiro atoms. The van der Waals surface area contributed by atoms with Crippen molar-refractivity contribution in [2.75, 3.05) is 5.32 Å². The van der Waals surface area contributed by atoms with E-state index in [4.69, 9.17) is 0 Å². The summed E-state index contributed by atoms with van der Waals surface area (Å²) in [5, 5.41) is 28.0. The zero-order valence-corrected chi connectivity index (χ0v) is 16.9. The molecule has 1 unspecified atom stereocenters. The molecular formula is C19H17N3O5S2. The minimum Gasteiger partial charge on any atom is -0.382 e. The van der Waals surface area contributed by atoms with E-state index in [9.17, 15) is 24.8 Å². The number of aliphatic hydroxyl groups excluding tert-OH is 1. The van der Waals surface area contributed by atoms with Crippen LogP contribution in [0.25, 0.3) is 0 Å². The lowest BCUT2D eigenvalue weighted by Gasteiger charge is -2.08. The Hall–Kier alpha value is -3.08. The first kappa shape index (κ1) is 20.6. The molecule has 2 aromatic heterocycles. The third-order valence-corrected chi connectivity index (χ3v) is 6.13. The van der Waals surface area contributed by atoms with E-state index in [0.29, 0.717) is 11.3 Å². The summed E-state index contributed by atoms with van der Waals surface area (Å²) < 4.78 is 0. The summed E-state index contributed by atoms with van der Waals surface area (Å²) in [6.45, 7) is 1.75. The fourth-order valence-corrected chi connectivity index (χ4v) is 4.31. The quantitative estimate of drug-likeness (QED) is 0.314. The van der Waals surface area contributed by atoms with Gasteiger partial charge in [0.15, 0.2) is 0 Å². The highest BCUT2D eigenvalue weighted by molar-refractivity contribution is 7.12. The Labute approximate surface area is 174 Å². The maximum atomic E-state index is 12.1. The zero-order valence-electron chi connectivity index (χ0n) is 15.2. The molecule has 10 heteroatoms. The summed E-state index contributed by atoms with van der Waals surface area (Å²) in [4.78, 5) is 36.8. The van der Waals surface area contributed by atoms with Gasteiger partial charge in [0.05, 0.1) is 11.5 Å². The highest BCUT2D eigenvalue weighted by atomic mass is 32.1. The highest BCUT2D eigenvalue weighted by Gasteiger charge is 2.18. The zero-order chi connectivity index (χ0) is 21.0. The Balaban J connectivity index is 1.56. The number of aliphatic hydroxyl groups is 1. The van der Waals surface area contributed by atoms with Crippen LogP contribution in [0, 0.1) is 17.0 Å². The molecule has 150 valence electrons. The number of benzene rings is 1. The lowest BCUT2D eigenvalue weighted by atomic mass is 10.2. The number of nitro groups is 1. The largest absolute Gasteiger partial charge is 0.382 e. The third kappa shape index (κ3) is 5.05. The van der Waals surface area contributed by atoms with Gasteiger partial charge in [-0.2, -0.15) is 0 Å². The van der Waals surface area contributed by atoms with Gasteiger partial charge in [-0.1, -0.05) is 6.07 Å². The van der Waals surface area contributed by atoms with Crippen LogP contribution in [0.5, 0.6) is 0 Å². The van der Waals surface area contributed by atoms with Gasteiger partial charge in [-0.05, 0) is 42.1 Å². The number of nitrogens with zero attached hydrogens (tertiary/aromatic N) is 1. The summed E-state index contributed by atoms with van der Waals surface area (Å²) in [6, 6.07) is 11.2. The van der Waals surface area contributed by atoms with Crippen molar-refractivity contribution >= 4 is 45.9 Å². The normalized spacial score (nSPS) is 11.7. The molecule has 0 saturated carbocycles. The maximum Gasteiger partial charge on any atom is 0.313 e. The van der Waals surface area contributed by atoms with Gasteiger partial charge in [-0.3, -0.25) is 19.7 Å². The van der Waals surface area contributed by atoms with E-state index in [1.165, 1.54) is 40.9 Å². The number of nitrogens with one attached hydrogen (secondary N) is 2. The first-order valence-electron chi connectivity index (χ1n) is 8.49. The molecule has 3 aromatic rings. The monoisotopic (exact) mass is 431 g/mol. The predicted molar refractivity (Wildman–Crippen MR) is 111 cm³/mol. The van der Waals surface area contributed by atoms with Gasteiger partial charge in [0.1, 0.15) is 6.10 Å². The van der Waals surface area contributed by atoms with Crippen LogP contribution >= 0.6 is 22.7 Å². The SMILES string of the molecule is Cc1cc([N+](=O)[O-])ccc1NC(=O)C(=O)NCc1ccc(C(O)c2cccs2)s1. The number of thiophene rings is 2. The molecule has 0 bridgehead atoms. The first-order chi connectivity index (χ1) is 13.8. The van der Waals surface area contributed by atoms with E-state index in [1.54, 1.807) is 19.1 Å². The van der Waals surface area contributed by atoms with Crippen molar-refractivity contribution in [2.24, 2.45) is 0 Å². The molecule has 1 aromatic carbocycles. The number of aryl methyl sites for hydroxylation is 1. The number of non-ortho nitro benzene ring substituents is 1. The molecule has 3 rings (SSSR count). The number of nitro benzene ring substituents is 1. The van der Waals surface area contributed by atoms with Gasteiger partial charge in [-0.25, -0.2) is 0 Å². The van der Waals surface area contributed by atoms with Crippen LogP contribution in [-0.2, 0) is 16.1 Å². The summed E-state index contributed by atoms with van der Waals surface area (Å²) in [5.41, 5.74) is 0.710. The van der Waals surface area contributed by atoms with Gasteiger partial charge in [0, 0.05) is 32.5 Å². The molecule has 8 nitrogen and oxygen atoms in total. The van der Waals surface area contributed by atoms with Crippen LogP contribution in [0.3, 0.4) is 0 Å². The molecule has 1 atom stereocenters. The molecule has 0 aliphatic heterocycles. The summed E-state index contributed by atoms with van der Waals surface area (Å²) in [6.07, 6.45) is -0.710. The van der Waals surface area contributed by atoms with E-state index in [2.05, 4.69) is 10.6 Å². The van der Waals surface area contributed by atoms with Crippen LogP contribution in [0.1, 0.15) is 26.3 Å². The molecule has 0 fully saturated rings. The molecule has 0 aliphatic rings. The number of anilines is 1. The number of carbonyl (C=O) groups is 2.